The molecule has 2 heterocycles. The predicted molar refractivity (Wildman–Crippen MR) is 134 cm³/mol. The van der Waals surface area contributed by atoms with Crippen molar-refractivity contribution in [3.63, 3.8) is 0 Å². The molecule has 0 spiro atoms. The lowest BCUT2D eigenvalue weighted by molar-refractivity contribution is -0.113. The van der Waals surface area contributed by atoms with E-state index in [1.54, 1.807) is 22.5 Å². The summed E-state index contributed by atoms with van der Waals surface area (Å²) in [6, 6.07) is 16.9. The van der Waals surface area contributed by atoms with E-state index in [-0.39, 0.29) is 17.2 Å². The van der Waals surface area contributed by atoms with Gasteiger partial charge in [0.2, 0.25) is 0 Å². The van der Waals surface area contributed by atoms with Gasteiger partial charge in [0.15, 0.2) is 4.32 Å². The average molecular weight is 466 g/mol. The SMILES string of the molecule is CCCOc1ccccc1/C=C1/SC(=S)N(c2c(C)n(C)n(-c3ccccc3)c2=O)C1=O. The number of rotatable bonds is 6. The van der Waals surface area contributed by atoms with Gasteiger partial charge in [0, 0.05) is 12.6 Å². The Hall–Kier alpha value is -3.10. The highest BCUT2D eigenvalue weighted by atomic mass is 32.2. The standard InChI is InChI=1S/C24H23N3O3S2/c1-4-14-30-19-13-9-8-10-17(19)15-20-22(28)26(24(31)32-20)21-16(2)25(3)27(23(21)29)18-11-6-5-7-12-18/h5-13,15H,4,14H2,1-3H3/b20-15+. The number of nitrogens with zero attached hydrogens (tertiary/aromatic N) is 3. The van der Waals surface area contributed by atoms with Gasteiger partial charge in [-0.05, 0) is 37.6 Å². The molecule has 32 heavy (non-hydrogen) atoms. The lowest BCUT2D eigenvalue weighted by Gasteiger charge is -2.12. The first-order valence-electron chi connectivity index (χ1n) is 10.3. The third-order valence-electron chi connectivity index (χ3n) is 5.21. The van der Waals surface area contributed by atoms with Gasteiger partial charge in [0.25, 0.3) is 11.5 Å². The van der Waals surface area contributed by atoms with E-state index in [2.05, 4.69) is 0 Å². The number of hydrogen-bond donors (Lipinski definition) is 0. The zero-order valence-corrected chi connectivity index (χ0v) is 19.7. The summed E-state index contributed by atoms with van der Waals surface area (Å²) in [6.45, 7) is 4.44. The Kier molecular flexibility index (Phi) is 6.34. The van der Waals surface area contributed by atoms with Crippen molar-refractivity contribution in [2.75, 3.05) is 11.5 Å². The number of aromatic nitrogens is 2. The van der Waals surface area contributed by atoms with Gasteiger partial charge in [0.1, 0.15) is 11.4 Å². The van der Waals surface area contributed by atoms with Crippen LogP contribution in [0.25, 0.3) is 11.8 Å². The van der Waals surface area contributed by atoms with Crippen molar-refractivity contribution in [1.82, 2.24) is 9.36 Å². The molecule has 0 unspecified atom stereocenters. The molecule has 1 amide bonds. The fourth-order valence-corrected chi connectivity index (χ4v) is 4.82. The Morgan fingerprint density at radius 3 is 2.47 bits per heavy atom. The summed E-state index contributed by atoms with van der Waals surface area (Å²) >= 11 is 6.71. The van der Waals surface area contributed by atoms with Gasteiger partial charge in [-0.15, -0.1) is 0 Å². The van der Waals surface area contributed by atoms with Crippen molar-refractivity contribution in [2.24, 2.45) is 7.05 Å². The van der Waals surface area contributed by atoms with E-state index in [1.807, 2.05) is 68.4 Å². The zero-order chi connectivity index (χ0) is 22.8. The second-order valence-corrected chi connectivity index (χ2v) is 8.99. The Morgan fingerprint density at radius 1 is 1.06 bits per heavy atom. The Balaban J connectivity index is 1.74. The number of carbonyl (C=O) groups is 1. The maximum Gasteiger partial charge on any atom is 0.296 e. The first-order chi connectivity index (χ1) is 15.4. The molecule has 0 radical (unpaired) electrons. The molecule has 2 aromatic carbocycles. The summed E-state index contributed by atoms with van der Waals surface area (Å²) in [5.74, 6) is 0.401. The van der Waals surface area contributed by atoms with E-state index in [0.717, 1.165) is 17.7 Å². The maximum absolute atomic E-state index is 13.4. The van der Waals surface area contributed by atoms with Crippen LogP contribution in [0.4, 0.5) is 5.69 Å². The highest BCUT2D eigenvalue weighted by Crippen LogP contribution is 2.37. The van der Waals surface area contributed by atoms with Gasteiger partial charge in [-0.2, -0.15) is 0 Å². The predicted octanol–water partition coefficient (Wildman–Crippen LogP) is 4.68. The molecule has 1 fully saturated rings. The number of carbonyl (C=O) groups excluding carboxylic acids is 1. The van der Waals surface area contributed by atoms with Crippen LogP contribution in [0.1, 0.15) is 24.6 Å². The number of benzene rings is 2. The average Bonchev–Trinajstić information content (AvgIpc) is 3.18. The summed E-state index contributed by atoms with van der Waals surface area (Å²) in [4.78, 5) is 28.5. The van der Waals surface area contributed by atoms with Crippen LogP contribution in [0.2, 0.25) is 0 Å². The minimum Gasteiger partial charge on any atom is -0.493 e. The van der Waals surface area contributed by atoms with Crippen molar-refractivity contribution in [3.05, 3.63) is 81.1 Å². The molecule has 0 atom stereocenters. The van der Waals surface area contributed by atoms with Crippen molar-refractivity contribution in [2.45, 2.75) is 20.3 Å². The van der Waals surface area contributed by atoms with Gasteiger partial charge in [-0.25, -0.2) is 4.68 Å². The number of anilines is 1. The van der Waals surface area contributed by atoms with Crippen molar-refractivity contribution in [1.29, 1.82) is 0 Å². The Labute approximate surface area is 196 Å². The first kappa shape index (κ1) is 22.1. The Bertz CT molecular complexity index is 1280. The molecule has 1 aliphatic heterocycles. The molecule has 3 aromatic rings. The molecule has 0 saturated carbocycles. The molecule has 1 aliphatic rings. The van der Waals surface area contributed by atoms with E-state index in [4.69, 9.17) is 17.0 Å². The Morgan fingerprint density at radius 2 is 1.75 bits per heavy atom. The molecule has 0 N–H and O–H groups in total. The van der Waals surface area contributed by atoms with Crippen LogP contribution in [0.3, 0.4) is 0 Å². The summed E-state index contributed by atoms with van der Waals surface area (Å²) in [6.07, 6.45) is 2.66. The van der Waals surface area contributed by atoms with Gasteiger partial charge < -0.3 is 4.74 Å². The van der Waals surface area contributed by atoms with Crippen LogP contribution < -0.4 is 15.2 Å². The summed E-state index contributed by atoms with van der Waals surface area (Å²) in [7, 11) is 1.79. The minimum absolute atomic E-state index is 0.276. The van der Waals surface area contributed by atoms with E-state index in [0.29, 0.717) is 27.3 Å². The van der Waals surface area contributed by atoms with E-state index < -0.39 is 0 Å². The molecule has 0 bridgehead atoms. The minimum atomic E-state index is -0.309. The fraction of sp³-hybridized carbons (Fsp3) is 0.208. The fourth-order valence-electron chi connectivity index (χ4n) is 3.56. The number of hydrogen-bond acceptors (Lipinski definition) is 5. The molecule has 1 saturated heterocycles. The lowest BCUT2D eigenvalue weighted by Crippen LogP contribution is -2.33. The number of para-hydroxylation sites is 2. The monoisotopic (exact) mass is 465 g/mol. The quantitative estimate of drug-likeness (QED) is 0.391. The van der Waals surface area contributed by atoms with E-state index in [9.17, 15) is 9.59 Å². The number of ether oxygens (including phenoxy) is 1. The maximum atomic E-state index is 13.4. The third kappa shape index (κ3) is 3.91. The van der Waals surface area contributed by atoms with Crippen molar-refractivity contribution >= 4 is 46.0 Å². The van der Waals surface area contributed by atoms with E-state index >= 15 is 0 Å². The zero-order valence-electron chi connectivity index (χ0n) is 18.1. The van der Waals surface area contributed by atoms with Crippen LogP contribution in [0, 0.1) is 6.92 Å². The summed E-state index contributed by atoms with van der Waals surface area (Å²) in [5.41, 5.74) is 2.16. The van der Waals surface area contributed by atoms with Crippen LogP contribution in [0.5, 0.6) is 5.75 Å². The highest BCUT2D eigenvalue weighted by Gasteiger charge is 2.37. The molecular weight excluding hydrogens is 442 g/mol. The van der Waals surface area contributed by atoms with Crippen molar-refractivity contribution in [3.8, 4) is 11.4 Å². The molecule has 6 nitrogen and oxygen atoms in total. The largest absolute Gasteiger partial charge is 0.493 e. The van der Waals surface area contributed by atoms with Crippen LogP contribution in [-0.2, 0) is 11.8 Å². The summed E-state index contributed by atoms with van der Waals surface area (Å²) in [5, 5.41) is 0. The normalized spacial score (nSPS) is 15.1. The van der Waals surface area contributed by atoms with E-state index in [1.165, 1.54) is 16.7 Å². The van der Waals surface area contributed by atoms with Crippen molar-refractivity contribution < 1.29 is 9.53 Å². The third-order valence-corrected chi connectivity index (χ3v) is 6.51. The molecule has 1 aromatic heterocycles. The number of thiocarbonyl (C=S) groups is 1. The molecule has 4 rings (SSSR count). The van der Waals surface area contributed by atoms with Gasteiger partial charge >= 0.3 is 0 Å². The van der Waals surface area contributed by atoms with Gasteiger partial charge in [-0.1, -0.05) is 67.3 Å². The van der Waals surface area contributed by atoms with Crippen LogP contribution in [-0.4, -0.2) is 26.2 Å². The second-order valence-electron chi connectivity index (χ2n) is 7.31. The van der Waals surface area contributed by atoms with Crippen LogP contribution in [0.15, 0.2) is 64.3 Å². The highest BCUT2D eigenvalue weighted by molar-refractivity contribution is 8.27. The number of amides is 1. The van der Waals surface area contributed by atoms with Crippen LogP contribution >= 0.6 is 24.0 Å². The summed E-state index contributed by atoms with van der Waals surface area (Å²) < 4.78 is 9.42. The smallest absolute Gasteiger partial charge is 0.296 e. The molecule has 164 valence electrons. The number of thioether (sulfide) groups is 1. The second kappa shape index (κ2) is 9.18. The van der Waals surface area contributed by atoms with Gasteiger partial charge in [0.05, 0.1) is 22.9 Å². The topological polar surface area (TPSA) is 56.5 Å². The first-order valence-corrected chi connectivity index (χ1v) is 11.5. The molecule has 0 aliphatic carbocycles. The molecule has 8 heteroatoms. The van der Waals surface area contributed by atoms with Gasteiger partial charge in [-0.3, -0.25) is 19.2 Å². The lowest BCUT2D eigenvalue weighted by atomic mass is 10.2. The molecular formula is C24H23N3O3S2.